The minimum Gasteiger partial charge on any atom is -0.427 e. The molecule has 0 atom stereocenters. The number of ether oxygens (including phenoxy) is 1. The molecule has 0 N–H and O–H groups in total. The van der Waals surface area contributed by atoms with Crippen LogP contribution in [0, 0.1) is 17.7 Å². The van der Waals surface area contributed by atoms with Crippen LogP contribution in [0.4, 0.5) is 4.39 Å². The van der Waals surface area contributed by atoms with E-state index in [1.807, 2.05) is 13.0 Å². The number of unbranched alkanes of at least 4 members (excludes halogenated alkanes) is 1. The summed E-state index contributed by atoms with van der Waals surface area (Å²) >= 11 is 0. The summed E-state index contributed by atoms with van der Waals surface area (Å²) in [6.07, 6.45) is 15.5. The molecule has 1 saturated carbocycles. The molecule has 0 aliphatic heterocycles. The van der Waals surface area contributed by atoms with Gasteiger partial charge in [0, 0.05) is 6.42 Å². The van der Waals surface area contributed by atoms with Crippen LogP contribution in [-0.4, -0.2) is 5.97 Å². The van der Waals surface area contributed by atoms with Gasteiger partial charge in [-0.15, -0.1) is 6.58 Å². The average molecular weight is 441 g/mol. The standard InChI is InChI=1S/C27H33FO4/c1-3-5-6-7-8-9-11-19-12-14-20(15-13-19)26(29)32-23-17-16-21-18-22(10-4-2)31-27(30)24(21)25(23)28/h3,7-8,16-20H,1,4-6,9-15H2,2H3/b8-7+. The first-order valence-corrected chi connectivity index (χ1v) is 11.8. The fraction of sp³-hybridized carbons (Fsp3) is 0.481. The Morgan fingerprint density at radius 3 is 2.66 bits per heavy atom. The Balaban J connectivity index is 1.56. The Kier molecular flexibility index (Phi) is 8.83. The molecule has 1 aliphatic rings. The number of halogens is 1. The normalized spacial score (nSPS) is 18.8. The van der Waals surface area contributed by atoms with Crippen molar-refractivity contribution in [1.29, 1.82) is 0 Å². The molecule has 172 valence electrons. The lowest BCUT2D eigenvalue weighted by atomic mass is 9.80. The van der Waals surface area contributed by atoms with Gasteiger partial charge in [0.25, 0.3) is 0 Å². The number of carbonyl (C=O) groups excluding carboxylic acids is 1. The topological polar surface area (TPSA) is 56.5 Å². The molecule has 0 unspecified atom stereocenters. The van der Waals surface area contributed by atoms with Gasteiger partial charge < -0.3 is 9.15 Å². The summed E-state index contributed by atoms with van der Waals surface area (Å²) in [5.74, 6) is -0.541. The van der Waals surface area contributed by atoms with Gasteiger partial charge in [0.1, 0.15) is 11.1 Å². The number of allylic oxidation sites excluding steroid dienone is 3. The molecule has 1 fully saturated rings. The smallest absolute Gasteiger partial charge is 0.346 e. The van der Waals surface area contributed by atoms with E-state index in [1.165, 1.54) is 6.07 Å². The van der Waals surface area contributed by atoms with Crippen molar-refractivity contribution in [2.75, 3.05) is 0 Å². The summed E-state index contributed by atoms with van der Waals surface area (Å²) in [5.41, 5.74) is -0.736. The third-order valence-corrected chi connectivity index (χ3v) is 6.22. The fourth-order valence-corrected chi connectivity index (χ4v) is 4.38. The molecule has 0 saturated heterocycles. The van der Waals surface area contributed by atoms with Crippen LogP contribution in [0.5, 0.6) is 5.75 Å². The predicted molar refractivity (Wildman–Crippen MR) is 125 cm³/mol. The van der Waals surface area contributed by atoms with Crippen LogP contribution in [0.2, 0.25) is 0 Å². The van der Waals surface area contributed by atoms with Crippen LogP contribution in [-0.2, 0) is 11.2 Å². The molecule has 4 nitrogen and oxygen atoms in total. The van der Waals surface area contributed by atoms with Gasteiger partial charge in [0.2, 0.25) is 0 Å². The zero-order valence-corrected chi connectivity index (χ0v) is 18.9. The Labute approximate surface area is 189 Å². The summed E-state index contributed by atoms with van der Waals surface area (Å²) in [6.45, 7) is 5.70. The van der Waals surface area contributed by atoms with E-state index < -0.39 is 17.4 Å². The molecule has 0 bridgehead atoms. The van der Waals surface area contributed by atoms with Gasteiger partial charge >= 0.3 is 11.6 Å². The average Bonchev–Trinajstić information content (AvgIpc) is 2.78. The van der Waals surface area contributed by atoms with Crippen LogP contribution in [0.3, 0.4) is 0 Å². The lowest BCUT2D eigenvalue weighted by molar-refractivity contribution is -0.140. The monoisotopic (exact) mass is 440 g/mol. The van der Waals surface area contributed by atoms with Gasteiger partial charge in [0.05, 0.1) is 5.92 Å². The first kappa shape index (κ1) is 24.0. The highest BCUT2D eigenvalue weighted by Gasteiger charge is 2.28. The summed E-state index contributed by atoms with van der Waals surface area (Å²) in [5, 5.41) is 0.293. The third kappa shape index (κ3) is 6.18. The van der Waals surface area contributed by atoms with E-state index in [0.717, 1.165) is 57.8 Å². The molecule has 1 aliphatic carbocycles. The Morgan fingerprint density at radius 1 is 1.19 bits per heavy atom. The molecular weight excluding hydrogens is 407 g/mol. The number of benzene rings is 1. The number of rotatable bonds is 10. The van der Waals surface area contributed by atoms with Crippen molar-refractivity contribution in [3.63, 3.8) is 0 Å². The highest BCUT2D eigenvalue weighted by atomic mass is 19.1. The van der Waals surface area contributed by atoms with E-state index in [0.29, 0.717) is 23.5 Å². The summed E-state index contributed by atoms with van der Waals surface area (Å²) < 4.78 is 25.5. The Bertz CT molecular complexity index is 1010. The maximum absolute atomic E-state index is 14.9. The number of aryl methyl sites for hydroxylation is 1. The maximum atomic E-state index is 14.9. The SMILES string of the molecule is C=CCC/C=C/CCC1CCC(C(=O)Oc2ccc3cc(CCC)oc(=O)c3c2F)CC1. The molecule has 1 heterocycles. The van der Waals surface area contributed by atoms with Gasteiger partial charge in [-0.05, 0) is 81.2 Å². The van der Waals surface area contributed by atoms with E-state index >= 15 is 0 Å². The van der Waals surface area contributed by atoms with Crippen molar-refractivity contribution in [1.82, 2.24) is 0 Å². The molecule has 5 heteroatoms. The summed E-state index contributed by atoms with van der Waals surface area (Å²) in [7, 11) is 0. The zero-order chi connectivity index (χ0) is 22.9. The first-order valence-electron chi connectivity index (χ1n) is 11.8. The van der Waals surface area contributed by atoms with E-state index in [4.69, 9.17) is 9.15 Å². The number of hydrogen-bond donors (Lipinski definition) is 0. The van der Waals surface area contributed by atoms with Crippen LogP contribution in [0.15, 0.2) is 52.2 Å². The predicted octanol–water partition coefficient (Wildman–Crippen LogP) is 6.90. The highest BCUT2D eigenvalue weighted by molar-refractivity contribution is 5.85. The van der Waals surface area contributed by atoms with Crippen LogP contribution in [0.25, 0.3) is 10.8 Å². The van der Waals surface area contributed by atoms with Crippen molar-refractivity contribution < 1.29 is 18.3 Å². The van der Waals surface area contributed by atoms with E-state index in [9.17, 15) is 14.0 Å². The molecule has 1 aromatic heterocycles. The second-order valence-electron chi connectivity index (χ2n) is 8.65. The summed E-state index contributed by atoms with van der Waals surface area (Å²) in [4.78, 5) is 24.9. The molecule has 0 spiro atoms. The second-order valence-corrected chi connectivity index (χ2v) is 8.65. The molecule has 0 amide bonds. The van der Waals surface area contributed by atoms with E-state index in [-0.39, 0.29) is 17.1 Å². The number of fused-ring (bicyclic) bond motifs is 1. The van der Waals surface area contributed by atoms with Gasteiger partial charge in [-0.1, -0.05) is 31.2 Å². The lowest BCUT2D eigenvalue weighted by Crippen LogP contribution is -2.26. The largest absolute Gasteiger partial charge is 0.427 e. The van der Waals surface area contributed by atoms with E-state index in [2.05, 4.69) is 18.7 Å². The number of hydrogen-bond acceptors (Lipinski definition) is 4. The van der Waals surface area contributed by atoms with Gasteiger partial charge in [-0.3, -0.25) is 4.79 Å². The van der Waals surface area contributed by atoms with Crippen LogP contribution < -0.4 is 10.4 Å². The third-order valence-electron chi connectivity index (χ3n) is 6.22. The Hall–Kier alpha value is -2.69. The maximum Gasteiger partial charge on any atom is 0.346 e. The van der Waals surface area contributed by atoms with Gasteiger partial charge in [-0.2, -0.15) is 0 Å². The van der Waals surface area contributed by atoms with Crippen LogP contribution in [0.1, 0.15) is 70.5 Å². The molecular formula is C27H33FO4. The van der Waals surface area contributed by atoms with Gasteiger partial charge in [-0.25, -0.2) is 9.18 Å². The van der Waals surface area contributed by atoms with Crippen molar-refractivity contribution in [2.24, 2.45) is 11.8 Å². The van der Waals surface area contributed by atoms with Crippen molar-refractivity contribution in [3.8, 4) is 5.75 Å². The number of esters is 1. The summed E-state index contributed by atoms with van der Waals surface area (Å²) in [6, 6.07) is 4.70. The first-order chi connectivity index (χ1) is 15.5. The molecule has 2 aromatic rings. The van der Waals surface area contributed by atoms with Gasteiger partial charge in [0.15, 0.2) is 11.6 Å². The fourth-order valence-electron chi connectivity index (χ4n) is 4.38. The molecule has 3 rings (SSSR count). The van der Waals surface area contributed by atoms with Crippen LogP contribution >= 0.6 is 0 Å². The van der Waals surface area contributed by atoms with Crippen molar-refractivity contribution in [2.45, 2.75) is 71.1 Å². The van der Waals surface area contributed by atoms with Crippen molar-refractivity contribution in [3.05, 3.63) is 65.0 Å². The number of carbonyl (C=O) groups is 1. The molecule has 1 aromatic carbocycles. The quantitative estimate of drug-likeness (QED) is 0.174. The second kappa shape index (κ2) is 11.8. The Morgan fingerprint density at radius 2 is 1.94 bits per heavy atom. The minimum atomic E-state index is -0.829. The molecule has 32 heavy (non-hydrogen) atoms. The molecule has 0 radical (unpaired) electrons. The zero-order valence-electron chi connectivity index (χ0n) is 18.9. The highest BCUT2D eigenvalue weighted by Crippen LogP contribution is 2.33. The van der Waals surface area contributed by atoms with E-state index in [1.54, 1.807) is 12.1 Å². The van der Waals surface area contributed by atoms with Crippen molar-refractivity contribution >= 4 is 16.7 Å². The lowest BCUT2D eigenvalue weighted by Gasteiger charge is -2.27. The minimum absolute atomic E-state index is 0.167.